The monoisotopic (exact) mass is 245 g/mol. The van der Waals surface area contributed by atoms with Crippen molar-refractivity contribution >= 4 is 32.2 Å². The van der Waals surface area contributed by atoms with Gasteiger partial charge < -0.3 is 0 Å². The SMILES string of the molecule is CCS[C@H](C)c1ccccc1[Se+]. The summed E-state index contributed by atoms with van der Waals surface area (Å²) in [7, 11) is 0. The summed E-state index contributed by atoms with van der Waals surface area (Å²) >= 11 is 5.08. The summed E-state index contributed by atoms with van der Waals surface area (Å²) in [4.78, 5) is 0. The molecule has 0 N–H and O–H groups in total. The maximum absolute atomic E-state index is 3.10. The third-order valence-corrected chi connectivity index (χ3v) is 3.64. The van der Waals surface area contributed by atoms with E-state index in [1.807, 2.05) is 11.8 Å². The van der Waals surface area contributed by atoms with E-state index in [1.165, 1.54) is 15.8 Å². The zero-order chi connectivity index (χ0) is 8.97. The molecule has 0 aliphatic heterocycles. The Bertz CT molecular complexity index is 247. The predicted molar refractivity (Wildman–Crippen MR) is 58.4 cm³/mol. The van der Waals surface area contributed by atoms with Crippen LogP contribution in [0.2, 0.25) is 0 Å². The molecule has 0 unspecified atom stereocenters. The van der Waals surface area contributed by atoms with Gasteiger partial charge in [0.25, 0.3) is 0 Å². The van der Waals surface area contributed by atoms with Gasteiger partial charge in [-0.25, -0.2) is 0 Å². The molecule has 1 rings (SSSR count). The molecule has 1 atom stereocenters. The Morgan fingerprint density at radius 2 is 2.08 bits per heavy atom. The van der Waals surface area contributed by atoms with Crippen LogP contribution < -0.4 is 4.46 Å². The summed E-state index contributed by atoms with van der Waals surface area (Å²) in [6.07, 6.45) is 0. The second kappa shape index (κ2) is 4.96. The first kappa shape index (κ1) is 10.2. The Balaban J connectivity index is 2.79. The van der Waals surface area contributed by atoms with Crippen molar-refractivity contribution in [1.29, 1.82) is 0 Å². The molecule has 0 nitrogen and oxygen atoms in total. The summed E-state index contributed by atoms with van der Waals surface area (Å²) < 4.78 is 1.28. The summed E-state index contributed by atoms with van der Waals surface area (Å²) in [6.45, 7) is 4.45. The number of benzene rings is 1. The second-order valence-corrected chi connectivity index (χ2v) is 5.18. The molecular weight excluding hydrogens is 231 g/mol. The Morgan fingerprint density at radius 1 is 1.42 bits per heavy atom. The van der Waals surface area contributed by atoms with Crippen LogP contribution in [-0.4, -0.2) is 21.8 Å². The first-order valence-corrected chi connectivity index (χ1v) is 6.03. The van der Waals surface area contributed by atoms with Crippen LogP contribution in [0.5, 0.6) is 0 Å². The van der Waals surface area contributed by atoms with Crippen molar-refractivity contribution in [2.75, 3.05) is 5.75 Å². The zero-order valence-electron chi connectivity index (χ0n) is 7.41. The molecular formula is C10H13SSe+. The molecule has 0 aliphatic rings. The molecule has 0 aromatic heterocycles. The minimum atomic E-state index is 0.604. The van der Waals surface area contributed by atoms with Crippen LogP contribution in [0.25, 0.3) is 0 Å². The first-order chi connectivity index (χ1) is 5.75. The van der Waals surface area contributed by atoms with Crippen LogP contribution >= 0.6 is 11.8 Å². The Hall–Kier alpha value is 0.0895. The van der Waals surface area contributed by atoms with Gasteiger partial charge in [0.05, 0.1) is 0 Å². The van der Waals surface area contributed by atoms with Crippen LogP contribution in [0.4, 0.5) is 0 Å². The molecule has 0 spiro atoms. The Labute approximate surface area is 86.9 Å². The molecule has 0 saturated heterocycles. The number of thioether (sulfide) groups is 1. The molecule has 0 fully saturated rings. The van der Waals surface area contributed by atoms with Crippen LogP contribution in [0.15, 0.2) is 24.3 Å². The van der Waals surface area contributed by atoms with E-state index in [4.69, 9.17) is 0 Å². The van der Waals surface area contributed by atoms with Crippen molar-refractivity contribution in [3.05, 3.63) is 29.8 Å². The predicted octanol–water partition coefficient (Wildman–Crippen LogP) is 2.29. The Kier molecular flexibility index (Phi) is 4.20. The van der Waals surface area contributed by atoms with E-state index < -0.39 is 0 Å². The average molecular weight is 244 g/mol. The van der Waals surface area contributed by atoms with Crippen LogP contribution in [-0.2, 0) is 0 Å². The third kappa shape index (κ3) is 2.55. The molecule has 1 aromatic carbocycles. The molecule has 2 heteroatoms. The molecule has 2 radical (unpaired) electrons. The molecule has 64 valence electrons. The Morgan fingerprint density at radius 3 is 2.67 bits per heavy atom. The fraction of sp³-hybridized carbons (Fsp3) is 0.400. The van der Waals surface area contributed by atoms with E-state index in [1.54, 1.807) is 0 Å². The zero-order valence-corrected chi connectivity index (χ0v) is 9.94. The van der Waals surface area contributed by atoms with Crippen LogP contribution in [0.1, 0.15) is 24.7 Å². The fourth-order valence-electron chi connectivity index (χ4n) is 1.16. The van der Waals surface area contributed by atoms with E-state index >= 15 is 0 Å². The van der Waals surface area contributed by atoms with Gasteiger partial charge in [0.15, 0.2) is 0 Å². The van der Waals surface area contributed by atoms with Crippen molar-refractivity contribution in [2.24, 2.45) is 0 Å². The van der Waals surface area contributed by atoms with Crippen molar-refractivity contribution in [2.45, 2.75) is 19.1 Å². The van der Waals surface area contributed by atoms with Gasteiger partial charge in [-0.05, 0) is 0 Å². The molecule has 12 heavy (non-hydrogen) atoms. The summed E-state index contributed by atoms with van der Waals surface area (Å²) in [5.41, 5.74) is 1.42. The number of rotatable bonds is 3. The van der Waals surface area contributed by atoms with E-state index in [0.717, 1.165) is 0 Å². The topological polar surface area (TPSA) is 0 Å². The van der Waals surface area contributed by atoms with Gasteiger partial charge in [-0.3, -0.25) is 0 Å². The fourth-order valence-corrected chi connectivity index (χ4v) is 2.89. The van der Waals surface area contributed by atoms with Crippen molar-refractivity contribution in [3.8, 4) is 0 Å². The van der Waals surface area contributed by atoms with E-state index in [2.05, 4.69) is 54.1 Å². The van der Waals surface area contributed by atoms with Crippen LogP contribution in [0, 0.1) is 0 Å². The molecule has 0 heterocycles. The van der Waals surface area contributed by atoms with Crippen molar-refractivity contribution in [1.82, 2.24) is 0 Å². The normalized spacial score (nSPS) is 12.8. The quantitative estimate of drug-likeness (QED) is 0.735. The number of hydrogen-bond donors (Lipinski definition) is 0. The molecule has 0 bridgehead atoms. The van der Waals surface area contributed by atoms with Crippen molar-refractivity contribution in [3.63, 3.8) is 0 Å². The maximum atomic E-state index is 3.10. The summed E-state index contributed by atoms with van der Waals surface area (Å²) in [5, 5.41) is 0.604. The van der Waals surface area contributed by atoms with Gasteiger partial charge in [0, 0.05) is 0 Å². The standard InChI is InChI=1S/C10H13SSe/c1-3-11-8(2)9-6-4-5-7-10(9)12/h4-8H,3H2,1-2H3/q+1/t8-/m1/s1. The molecule has 0 saturated carbocycles. The number of hydrogen-bond acceptors (Lipinski definition) is 1. The van der Waals surface area contributed by atoms with E-state index in [-0.39, 0.29) is 0 Å². The third-order valence-electron chi connectivity index (χ3n) is 1.77. The minimum absolute atomic E-state index is 0.604. The van der Waals surface area contributed by atoms with Gasteiger partial charge in [0.2, 0.25) is 0 Å². The van der Waals surface area contributed by atoms with Gasteiger partial charge in [-0.15, -0.1) is 0 Å². The average Bonchev–Trinajstić information content (AvgIpc) is 2.05. The first-order valence-electron chi connectivity index (χ1n) is 4.13. The molecule has 1 aromatic rings. The molecule has 0 amide bonds. The van der Waals surface area contributed by atoms with Gasteiger partial charge >= 0.3 is 86.9 Å². The molecule has 0 aliphatic carbocycles. The van der Waals surface area contributed by atoms with Gasteiger partial charge in [-0.1, -0.05) is 0 Å². The van der Waals surface area contributed by atoms with Gasteiger partial charge in [0.1, 0.15) is 0 Å². The summed E-state index contributed by atoms with van der Waals surface area (Å²) in [6, 6.07) is 8.49. The van der Waals surface area contributed by atoms with E-state index in [0.29, 0.717) is 5.25 Å². The van der Waals surface area contributed by atoms with Gasteiger partial charge in [-0.2, -0.15) is 0 Å². The van der Waals surface area contributed by atoms with E-state index in [9.17, 15) is 0 Å². The second-order valence-electron chi connectivity index (χ2n) is 2.64. The summed E-state index contributed by atoms with van der Waals surface area (Å²) in [5.74, 6) is 1.18. The van der Waals surface area contributed by atoms with Crippen LogP contribution in [0.3, 0.4) is 0 Å². The van der Waals surface area contributed by atoms with Crippen molar-refractivity contribution < 1.29 is 0 Å².